The lowest BCUT2D eigenvalue weighted by molar-refractivity contribution is -0.385. The maximum Gasteiger partial charge on any atom is 0.404 e. The molecule has 2 aromatic rings. The van der Waals surface area contributed by atoms with E-state index in [9.17, 15) is 19.7 Å². The highest BCUT2D eigenvalue weighted by atomic mass is 16.6. The highest BCUT2D eigenvalue weighted by Gasteiger charge is 2.18. The molecule has 10 nitrogen and oxygen atoms in total. The molecule has 2 amide bonds. The number of nitrogens with one attached hydrogen (secondary N) is 2. The fraction of sp³-hybridized carbons (Fsp3) is 0.263. The topological polar surface area (TPSA) is 140 Å². The van der Waals surface area contributed by atoms with E-state index in [1.54, 1.807) is 25.1 Å². The molecule has 0 unspecified atom stereocenters. The normalized spacial score (nSPS) is 10.2. The van der Waals surface area contributed by atoms with Crippen LogP contribution < -0.4 is 20.1 Å². The molecule has 0 atom stereocenters. The SMILES string of the molecule is COc1cc(C(=O)NCc2ccc(CNC(=O)O)cc2[N+](=O)[O-])cc(OC)c1C. The van der Waals surface area contributed by atoms with Gasteiger partial charge in [-0.3, -0.25) is 14.9 Å². The van der Waals surface area contributed by atoms with Crippen molar-refractivity contribution in [3.8, 4) is 11.5 Å². The Hall–Kier alpha value is -3.82. The van der Waals surface area contributed by atoms with Gasteiger partial charge in [-0.1, -0.05) is 12.1 Å². The number of amides is 2. The van der Waals surface area contributed by atoms with Gasteiger partial charge in [0.15, 0.2) is 0 Å². The number of ether oxygens (including phenoxy) is 2. The molecule has 0 heterocycles. The number of hydrogen-bond donors (Lipinski definition) is 3. The molecule has 0 aromatic heterocycles. The molecule has 0 spiro atoms. The predicted molar refractivity (Wildman–Crippen MR) is 103 cm³/mol. The van der Waals surface area contributed by atoms with Crippen molar-refractivity contribution in [2.75, 3.05) is 14.2 Å². The van der Waals surface area contributed by atoms with Crippen molar-refractivity contribution in [3.63, 3.8) is 0 Å². The average Bonchev–Trinajstić information content (AvgIpc) is 2.70. The molecule has 0 aliphatic carbocycles. The average molecular weight is 403 g/mol. The molecule has 0 radical (unpaired) electrons. The van der Waals surface area contributed by atoms with Crippen molar-refractivity contribution in [1.82, 2.24) is 10.6 Å². The summed E-state index contributed by atoms with van der Waals surface area (Å²) >= 11 is 0. The molecule has 0 aliphatic heterocycles. The number of nitrogens with zero attached hydrogens (tertiary/aromatic N) is 1. The van der Waals surface area contributed by atoms with E-state index in [2.05, 4.69) is 10.6 Å². The van der Waals surface area contributed by atoms with Gasteiger partial charge in [0, 0.05) is 35.8 Å². The summed E-state index contributed by atoms with van der Waals surface area (Å²) in [6.45, 7) is 1.65. The Morgan fingerprint density at radius 1 is 1.07 bits per heavy atom. The third-order valence-electron chi connectivity index (χ3n) is 4.24. The van der Waals surface area contributed by atoms with E-state index in [1.165, 1.54) is 26.4 Å². The number of nitro groups is 1. The third kappa shape index (κ3) is 5.34. The zero-order valence-electron chi connectivity index (χ0n) is 16.1. The number of nitro benzene ring substituents is 1. The van der Waals surface area contributed by atoms with E-state index in [0.29, 0.717) is 17.1 Å². The summed E-state index contributed by atoms with van der Waals surface area (Å²) in [7, 11) is 2.96. The van der Waals surface area contributed by atoms with Crippen LogP contribution in [0.1, 0.15) is 27.0 Å². The second kappa shape index (κ2) is 9.40. The van der Waals surface area contributed by atoms with Crippen LogP contribution in [-0.4, -0.2) is 36.2 Å². The Kier molecular flexibility index (Phi) is 6.96. The lowest BCUT2D eigenvalue weighted by Crippen LogP contribution is -2.24. The summed E-state index contributed by atoms with van der Waals surface area (Å²) in [6.07, 6.45) is -1.23. The molecule has 0 saturated heterocycles. The van der Waals surface area contributed by atoms with Crippen LogP contribution in [0.15, 0.2) is 30.3 Å². The molecule has 0 aliphatic rings. The van der Waals surface area contributed by atoms with Crippen molar-refractivity contribution in [2.24, 2.45) is 0 Å². The molecule has 2 rings (SSSR count). The van der Waals surface area contributed by atoms with E-state index < -0.39 is 16.9 Å². The summed E-state index contributed by atoms with van der Waals surface area (Å²) in [5.41, 5.74) is 1.53. The first-order chi connectivity index (χ1) is 13.8. The van der Waals surface area contributed by atoms with E-state index in [4.69, 9.17) is 14.6 Å². The van der Waals surface area contributed by atoms with Gasteiger partial charge in [0.25, 0.3) is 11.6 Å². The standard InChI is InChI=1S/C19H21N3O7/c1-11-16(28-2)7-14(8-17(11)29-3)18(23)20-10-13-5-4-12(9-21-19(24)25)6-15(13)22(26)27/h4-8,21H,9-10H2,1-3H3,(H,20,23)(H,24,25). The van der Waals surface area contributed by atoms with Gasteiger partial charge in [0.1, 0.15) is 11.5 Å². The van der Waals surface area contributed by atoms with Crippen molar-refractivity contribution in [3.05, 3.63) is 62.7 Å². The number of hydrogen-bond acceptors (Lipinski definition) is 6. The van der Waals surface area contributed by atoms with Crippen molar-refractivity contribution < 1.29 is 29.1 Å². The smallest absolute Gasteiger partial charge is 0.404 e. The second-order valence-electron chi connectivity index (χ2n) is 6.07. The Balaban J connectivity index is 2.19. The van der Waals surface area contributed by atoms with Crippen molar-refractivity contribution in [2.45, 2.75) is 20.0 Å². The van der Waals surface area contributed by atoms with Crippen molar-refractivity contribution >= 4 is 17.7 Å². The minimum absolute atomic E-state index is 0.0637. The van der Waals surface area contributed by atoms with Gasteiger partial charge in [0.05, 0.1) is 19.1 Å². The Bertz CT molecular complexity index is 918. The first-order valence-electron chi connectivity index (χ1n) is 8.50. The van der Waals surface area contributed by atoms with Crippen LogP contribution in [0.2, 0.25) is 0 Å². The molecule has 0 saturated carbocycles. The number of benzene rings is 2. The monoisotopic (exact) mass is 403 g/mol. The number of methoxy groups -OCH3 is 2. The fourth-order valence-electron chi connectivity index (χ4n) is 2.71. The molecular weight excluding hydrogens is 382 g/mol. The highest BCUT2D eigenvalue weighted by molar-refractivity contribution is 5.95. The first-order valence-corrected chi connectivity index (χ1v) is 8.50. The Morgan fingerprint density at radius 3 is 2.21 bits per heavy atom. The minimum atomic E-state index is -1.23. The van der Waals surface area contributed by atoms with Crippen molar-refractivity contribution in [1.29, 1.82) is 0 Å². The van der Waals surface area contributed by atoms with Crippen LogP contribution in [-0.2, 0) is 13.1 Å². The summed E-state index contributed by atoms with van der Waals surface area (Å²) in [6, 6.07) is 7.43. The van der Waals surface area contributed by atoms with Crippen LogP contribution >= 0.6 is 0 Å². The Labute approximate surface area is 166 Å². The zero-order chi connectivity index (χ0) is 21.6. The van der Waals surface area contributed by atoms with E-state index >= 15 is 0 Å². The molecular formula is C19H21N3O7. The number of carbonyl (C=O) groups excluding carboxylic acids is 1. The summed E-state index contributed by atoms with van der Waals surface area (Å²) in [5, 5.41) is 24.8. The van der Waals surface area contributed by atoms with Gasteiger partial charge in [0.2, 0.25) is 0 Å². The number of carbonyl (C=O) groups is 2. The van der Waals surface area contributed by atoms with Crippen LogP contribution in [0.25, 0.3) is 0 Å². The van der Waals surface area contributed by atoms with Gasteiger partial charge in [-0.15, -0.1) is 0 Å². The van der Waals surface area contributed by atoms with E-state index in [1.807, 2.05) is 0 Å². The first kappa shape index (κ1) is 21.5. The molecule has 2 aromatic carbocycles. The summed E-state index contributed by atoms with van der Waals surface area (Å²) < 4.78 is 10.5. The van der Waals surface area contributed by atoms with Gasteiger partial charge < -0.3 is 25.2 Å². The second-order valence-corrected chi connectivity index (χ2v) is 6.07. The fourth-order valence-corrected chi connectivity index (χ4v) is 2.71. The van der Waals surface area contributed by atoms with Gasteiger partial charge in [-0.05, 0) is 24.6 Å². The van der Waals surface area contributed by atoms with Gasteiger partial charge in [-0.25, -0.2) is 4.79 Å². The third-order valence-corrected chi connectivity index (χ3v) is 4.24. The van der Waals surface area contributed by atoms with Crippen LogP contribution in [0.4, 0.5) is 10.5 Å². The van der Waals surface area contributed by atoms with Gasteiger partial charge >= 0.3 is 6.09 Å². The van der Waals surface area contributed by atoms with Crippen LogP contribution in [0, 0.1) is 17.0 Å². The summed E-state index contributed by atoms with van der Waals surface area (Å²) in [4.78, 5) is 33.9. The molecule has 0 fully saturated rings. The number of carboxylic acid groups (broad SMARTS) is 1. The van der Waals surface area contributed by atoms with Gasteiger partial charge in [-0.2, -0.15) is 0 Å². The van der Waals surface area contributed by atoms with Crippen LogP contribution in [0.5, 0.6) is 11.5 Å². The van der Waals surface area contributed by atoms with E-state index in [0.717, 1.165) is 5.56 Å². The number of rotatable bonds is 8. The maximum absolute atomic E-state index is 12.5. The lowest BCUT2D eigenvalue weighted by atomic mass is 10.1. The minimum Gasteiger partial charge on any atom is -0.496 e. The molecule has 29 heavy (non-hydrogen) atoms. The molecule has 154 valence electrons. The largest absolute Gasteiger partial charge is 0.496 e. The predicted octanol–water partition coefficient (Wildman–Crippen LogP) is 2.62. The van der Waals surface area contributed by atoms with E-state index in [-0.39, 0.29) is 29.9 Å². The zero-order valence-corrected chi connectivity index (χ0v) is 16.1. The molecule has 0 bridgehead atoms. The Morgan fingerprint density at radius 2 is 1.69 bits per heavy atom. The highest BCUT2D eigenvalue weighted by Crippen LogP contribution is 2.29. The molecule has 10 heteroatoms. The maximum atomic E-state index is 12.5. The lowest BCUT2D eigenvalue weighted by Gasteiger charge is -2.13. The summed E-state index contributed by atoms with van der Waals surface area (Å²) in [5.74, 6) is 0.513. The molecule has 3 N–H and O–H groups in total. The van der Waals surface area contributed by atoms with Crippen LogP contribution in [0.3, 0.4) is 0 Å². The quantitative estimate of drug-likeness (QED) is 0.454.